The lowest BCUT2D eigenvalue weighted by Gasteiger charge is -2.12. The van der Waals surface area contributed by atoms with Gasteiger partial charge in [0.1, 0.15) is 5.69 Å². The molecule has 0 unspecified atom stereocenters. The number of thioether (sulfide) groups is 1. The van der Waals surface area contributed by atoms with E-state index in [-0.39, 0.29) is 22.7 Å². The fourth-order valence-electron chi connectivity index (χ4n) is 2.75. The molecule has 0 aliphatic heterocycles. The summed E-state index contributed by atoms with van der Waals surface area (Å²) in [4.78, 5) is 24.0. The average molecular weight is 508 g/mol. The predicted octanol–water partition coefficient (Wildman–Crippen LogP) is 5.99. The Labute approximate surface area is 201 Å². The Balaban J connectivity index is 1.57. The van der Waals surface area contributed by atoms with Gasteiger partial charge in [0.25, 0.3) is 0 Å². The van der Waals surface area contributed by atoms with Crippen molar-refractivity contribution in [2.45, 2.75) is 11.8 Å². The maximum Gasteiger partial charge on any atom is 0.234 e. The molecule has 0 aliphatic carbocycles. The number of nitrogens with one attached hydrogen (secondary N) is 3. The summed E-state index contributed by atoms with van der Waals surface area (Å²) < 4.78 is 54.0. The highest BCUT2D eigenvalue weighted by molar-refractivity contribution is 8.00. The van der Waals surface area contributed by atoms with Gasteiger partial charge in [-0.15, -0.1) is 11.8 Å². The number of thiocarbonyl (C=S) groups is 1. The van der Waals surface area contributed by atoms with Crippen molar-refractivity contribution in [3.63, 3.8) is 0 Å². The molecule has 0 bridgehead atoms. The zero-order chi connectivity index (χ0) is 24.8. The van der Waals surface area contributed by atoms with Gasteiger partial charge < -0.3 is 16.0 Å². The molecule has 176 valence electrons. The molecule has 0 aliphatic rings. The lowest BCUT2D eigenvalue weighted by atomic mass is 10.1. The van der Waals surface area contributed by atoms with Crippen LogP contribution in [0.4, 0.5) is 34.6 Å². The molecule has 0 saturated heterocycles. The van der Waals surface area contributed by atoms with E-state index >= 15 is 0 Å². The summed E-state index contributed by atoms with van der Waals surface area (Å²) in [6.45, 7) is 1.47. The number of ketones is 1. The molecular weight excluding hydrogens is 490 g/mol. The molecule has 0 heterocycles. The van der Waals surface area contributed by atoms with Crippen LogP contribution in [0.2, 0.25) is 0 Å². The van der Waals surface area contributed by atoms with Gasteiger partial charge in [0, 0.05) is 27.9 Å². The molecule has 3 rings (SSSR count). The second-order valence-corrected chi connectivity index (χ2v) is 8.38. The zero-order valence-electron chi connectivity index (χ0n) is 17.5. The lowest BCUT2D eigenvalue weighted by molar-refractivity contribution is -0.113. The third kappa shape index (κ3) is 6.55. The predicted molar refractivity (Wildman–Crippen MR) is 128 cm³/mol. The third-order valence-electron chi connectivity index (χ3n) is 4.39. The molecule has 0 saturated carbocycles. The summed E-state index contributed by atoms with van der Waals surface area (Å²) in [5.41, 5.74) is 0.683. The number of benzene rings is 3. The van der Waals surface area contributed by atoms with Gasteiger partial charge in [0.2, 0.25) is 5.91 Å². The summed E-state index contributed by atoms with van der Waals surface area (Å²) in [6.07, 6.45) is 0. The third-order valence-corrected chi connectivity index (χ3v) is 5.59. The first-order valence-electron chi connectivity index (χ1n) is 9.68. The van der Waals surface area contributed by atoms with Crippen LogP contribution in [0.25, 0.3) is 0 Å². The molecular formula is C23H17F4N3O2S2. The van der Waals surface area contributed by atoms with Crippen LogP contribution in [0, 0.1) is 23.3 Å². The van der Waals surface area contributed by atoms with E-state index in [4.69, 9.17) is 12.2 Å². The van der Waals surface area contributed by atoms with E-state index in [1.165, 1.54) is 6.92 Å². The molecule has 34 heavy (non-hydrogen) atoms. The Kier molecular flexibility index (Phi) is 8.24. The summed E-state index contributed by atoms with van der Waals surface area (Å²) in [5.74, 6) is -7.75. The van der Waals surface area contributed by atoms with Crippen LogP contribution in [-0.4, -0.2) is 22.6 Å². The van der Waals surface area contributed by atoms with Gasteiger partial charge in [-0.3, -0.25) is 9.59 Å². The smallest absolute Gasteiger partial charge is 0.234 e. The Hall–Kier alpha value is -3.44. The van der Waals surface area contributed by atoms with Crippen LogP contribution in [0.5, 0.6) is 0 Å². The fourth-order valence-corrected chi connectivity index (χ4v) is 3.74. The largest absolute Gasteiger partial charge is 0.332 e. The quantitative estimate of drug-likeness (QED) is 0.120. The summed E-state index contributed by atoms with van der Waals surface area (Å²) in [6, 6.07) is 13.7. The normalized spacial score (nSPS) is 10.5. The topological polar surface area (TPSA) is 70.2 Å². The van der Waals surface area contributed by atoms with Crippen LogP contribution in [0.15, 0.2) is 59.5 Å². The van der Waals surface area contributed by atoms with Gasteiger partial charge >= 0.3 is 0 Å². The van der Waals surface area contributed by atoms with Crippen molar-refractivity contribution in [3.8, 4) is 0 Å². The molecule has 0 spiro atoms. The second kappa shape index (κ2) is 11.1. The highest BCUT2D eigenvalue weighted by Crippen LogP contribution is 2.26. The maximum absolute atomic E-state index is 13.7. The number of hydrogen-bond donors (Lipinski definition) is 3. The van der Waals surface area contributed by atoms with E-state index in [1.54, 1.807) is 48.5 Å². The number of Topliss-reactive ketones (excluding diaryl/α,β-unsaturated/α-hetero) is 1. The molecule has 5 nitrogen and oxygen atoms in total. The van der Waals surface area contributed by atoms with Gasteiger partial charge in [-0.05, 0) is 61.6 Å². The van der Waals surface area contributed by atoms with Gasteiger partial charge in [0.05, 0.1) is 5.75 Å². The standard InChI is InChI=1S/C23H17F4N3O2S2/c1-12(31)13-5-7-14(8-6-13)28-23(33)29-15-3-2-4-16(9-15)34-11-19(32)30-22-20(26)17(24)10-18(25)21(22)27/h2-10H,11H2,1H3,(H,30,32)(H2,28,29,33). The summed E-state index contributed by atoms with van der Waals surface area (Å²) in [7, 11) is 0. The Morgan fingerprint density at radius 1 is 0.853 bits per heavy atom. The maximum atomic E-state index is 13.7. The molecule has 3 N–H and O–H groups in total. The minimum atomic E-state index is -1.68. The fraction of sp³-hybridized carbons (Fsp3) is 0.0870. The SMILES string of the molecule is CC(=O)c1ccc(NC(=S)Nc2cccc(SCC(=O)Nc3c(F)c(F)cc(F)c3F)c2)cc1. The number of carbonyl (C=O) groups is 2. The Morgan fingerprint density at radius 2 is 1.47 bits per heavy atom. The van der Waals surface area contributed by atoms with Gasteiger partial charge in [-0.1, -0.05) is 6.07 Å². The minimum Gasteiger partial charge on any atom is -0.332 e. The Bertz CT molecular complexity index is 1230. The second-order valence-electron chi connectivity index (χ2n) is 6.92. The molecule has 0 aromatic heterocycles. The number of rotatable bonds is 7. The highest BCUT2D eigenvalue weighted by atomic mass is 32.2. The van der Waals surface area contributed by atoms with E-state index in [0.29, 0.717) is 21.8 Å². The number of halogens is 4. The van der Waals surface area contributed by atoms with E-state index in [2.05, 4.69) is 10.6 Å². The molecule has 11 heteroatoms. The van der Waals surface area contributed by atoms with Gasteiger partial charge in [-0.25, -0.2) is 17.6 Å². The van der Waals surface area contributed by atoms with E-state index in [0.717, 1.165) is 11.8 Å². The molecule has 0 fully saturated rings. The van der Waals surface area contributed by atoms with E-state index in [1.807, 2.05) is 5.32 Å². The monoisotopic (exact) mass is 507 g/mol. The van der Waals surface area contributed by atoms with Crippen LogP contribution in [0.1, 0.15) is 17.3 Å². The van der Waals surface area contributed by atoms with Crippen molar-refractivity contribution >= 4 is 57.8 Å². The zero-order valence-corrected chi connectivity index (χ0v) is 19.2. The average Bonchev–Trinajstić information content (AvgIpc) is 2.79. The minimum absolute atomic E-state index is 0.0476. The van der Waals surface area contributed by atoms with Gasteiger partial charge in [-0.2, -0.15) is 0 Å². The van der Waals surface area contributed by atoms with Crippen molar-refractivity contribution in [3.05, 3.63) is 83.4 Å². The van der Waals surface area contributed by atoms with Crippen molar-refractivity contribution < 1.29 is 27.2 Å². The van der Waals surface area contributed by atoms with Crippen LogP contribution >= 0.6 is 24.0 Å². The molecule has 0 radical (unpaired) electrons. The molecule has 0 atom stereocenters. The first-order valence-corrected chi connectivity index (χ1v) is 11.1. The van der Waals surface area contributed by atoms with E-state index in [9.17, 15) is 27.2 Å². The summed E-state index contributed by atoms with van der Waals surface area (Å²) in [5, 5.41) is 8.10. The van der Waals surface area contributed by atoms with E-state index < -0.39 is 34.9 Å². The lowest BCUT2D eigenvalue weighted by Crippen LogP contribution is -2.19. The summed E-state index contributed by atoms with van der Waals surface area (Å²) >= 11 is 6.32. The number of amides is 1. The molecule has 3 aromatic rings. The van der Waals surface area contributed by atoms with Crippen molar-refractivity contribution in [2.75, 3.05) is 21.7 Å². The van der Waals surface area contributed by atoms with Crippen LogP contribution < -0.4 is 16.0 Å². The van der Waals surface area contributed by atoms with Crippen molar-refractivity contribution in [1.29, 1.82) is 0 Å². The van der Waals surface area contributed by atoms with Gasteiger partial charge in [0.15, 0.2) is 34.2 Å². The molecule has 3 aromatic carbocycles. The Morgan fingerprint density at radius 3 is 2.09 bits per heavy atom. The van der Waals surface area contributed by atoms with Crippen molar-refractivity contribution in [2.24, 2.45) is 0 Å². The highest BCUT2D eigenvalue weighted by Gasteiger charge is 2.20. The first kappa shape index (κ1) is 25.2. The number of anilines is 3. The van der Waals surface area contributed by atoms with Crippen LogP contribution in [0.3, 0.4) is 0 Å². The number of hydrogen-bond acceptors (Lipinski definition) is 4. The number of carbonyl (C=O) groups excluding carboxylic acids is 2. The van der Waals surface area contributed by atoms with Crippen molar-refractivity contribution in [1.82, 2.24) is 0 Å². The first-order chi connectivity index (χ1) is 16.1. The molecule has 1 amide bonds. The van der Waals surface area contributed by atoms with Crippen LogP contribution in [-0.2, 0) is 4.79 Å².